The minimum absolute atomic E-state index is 0.0874. The van der Waals surface area contributed by atoms with Crippen LogP contribution in [0, 0.1) is 23.2 Å². The normalized spacial score (nSPS) is 18.1. The molecule has 1 fully saturated rings. The van der Waals surface area contributed by atoms with Gasteiger partial charge in [0, 0.05) is 23.4 Å². The van der Waals surface area contributed by atoms with Crippen molar-refractivity contribution in [2.45, 2.75) is 45.2 Å². The minimum atomic E-state index is -0.792. The van der Waals surface area contributed by atoms with E-state index in [4.69, 9.17) is 5.73 Å². The van der Waals surface area contributed by atoms with Crippen LogP contribution in [-0.2, 0) is 9.59 Å². The zero-order chi connectivity index (χ0) is 21.8. The number of rotatable bonds is 8. The second-order valence-electron chi connectivity index (χ2n) is 8.17. The topological polar surface area (TPSA) is 130 Å². The second-order valence-corrected chi connectivity index (χ2v) is 8.17. The number of nitrogens with two attached hydrogens (primary N) is 1. The summed E-state index contributed by atoms with van der Waals surface area (Å²) in [5.74, 6) is -1.20. The summed E-state index contributed by atoms with van der Waals surface area (Å²) in [5.41, 5.74) is 6.59. The van der Waals surface area contributed by atoms with Crippen LogP contribution in [0.5, 0.6) is 0 Å². The molecule has 3 rings (SSSR count). The van der Waals surface area contributed by atoms with Crippen molar-refractivity contribution >= 4 is 28.6 Å². The van der Waals surface area contributed by atoms with Gasteiger partial charge in [-0.05, 0) is 37.3 Å². The lowest BCUT2D eigenvalue weighted by Crippen LogP contribution is -2.41. The van der Waals surface area contributed by atoms with Gasteiger partial charge in [-0.1, -0.05) is 32.0 Å². The number of hydrogen-bond acceptors (Lipinski definition) is 4. The number of amides is 3. The molecule has 8 heteroatoms. The Kier molecular flexibility index (Phi) is 6.40. The number of benzene rings is 1. The summed E-state index contributed by atoms with van der Waals surface area (Å²) in [5, 5.41) is 15.9. The number of aromatic nitrogens is 1. The fourth-order valence-electron chi connectivity index (χ4n) is 4.04. The third kappa shape index (κ3) is 4.46. The standard InChI is InChI=1S/C22H27N5O3/c1-13(2)9-19(22(30)26-16(12-23)10-15-7-8-25-21(15)29)27-17-6-4-3-5-14(17)11-18(27)20(24)28/h3-6,11,13,15-16,19H,7-10H2,1-2H3,(H2,24,28)(H,25,29)(H,26,30)/t15-,16-,19-/m0/s1. The Morgan fingerprint density at radius 3 is 2.70 bits per heavy atom. The lowest BCUT2D eigenvalue weighted by atomic mass is 9.98. The molecular weight excluding hydrogens is 382 g/mol. The Morgan fingerprint density at radius 2 is 2.10 bits per heavy atom. The van der Waals surface area contributed by atoms with Gasteiger partial charge in [0.25, 0.3) is 5.91 Å². The second kappa shape index (κ2) is 8.99. The van der Waals surface area contributed by atoms with Gasteiger partial charge in [0.2, 0.25) is 11.8 Å². The fraction of sp³-hybridized carbons (Fsp3) is 0.455. The molecule has 0 bridgehead atoms. The van der Waals surface area contributed by atoms with E-state index in [1.807, 2.05) is 38.1 Å². The quantitative estimate of drug-likeness (QED) is 0.614. The molecule has 1 saturated heterocycles. The number of nitriles is 1. The molecule has 30 heavy (non-hydrogen) atoms. The number of nitrogens with zero attached hydrogens (tertiary/aromatic N) is 2. The van der Waals surface area contributed by atoms with Gasteiger partial charge in [-0.25, -0.2) is 0 Å². The highest BCUT2D eigenvalue weighted by atomic mass is 16.2. The molecule has 4 N–H and O–H groups in total. The van der Waals surface area contributed by atoms with Crippen molar-refractivity contribution in [1.82, 2.24) is 15.2 Å². The van der Waals surface area contributed by atoms with Crippen LogP contribution in [0.1, 0.15) is 49.6 Å². The van der Waals surface area contributed by atoms with Crippen molar-refractivity contribution in [3.63, 3.8) is 0 Å². The van der Waals surface area contributed by atoms with Crippen LogP contribution in [0.2, 0.25) is 0 Å². The largest absolute Gasteiger partial charge is 0.364 e. The molecular formula is C22H27N5O3. The van der Waals surface area contributed by atoms with Crippen LogP contribution in [-0.4, -0.2) is 34.9 Å². The first kappa shape index (κ1) is 21.4. The van der Waals surface area contributed by atoms with Crippen molar-refractivity contribution in [3.8, 4) is 6.07 Å². The van der Waals surface area contributed by atoms with Gasteiger partial charge < -0.3 is 20.9 Å². The smallest absolute Gasteiger partial charge is 0.265 e. The molecule has 8 nitrogen and oxygen atoms in total. The molecule has 0 unspecified atom stereocenters. The maximum Gasteiger partial charge on any atom is 0.265 e. The first-order chi connectivity index (χ1) is 14.3. The fourth-order valence-corrected chi connectivity index (χ4v) is 4.04. The first-order valence-electron chi connectivity index (χ1n) is 10.2. The molecule has 1 aromatic heterocycles. The number of carbonyl (C=O) groups excluding carboxylic acids is 3. The van der Waals surface area contributed by atoms with Gasteiger partial charge in [-0.3, -0.25) is 14.4 Å². The van der Waals surface area contributed by atoms with Gasteiger partial charge >= 0.3 is 0 Å². The molecule has 1 aromatic carbocycles. The third-order valence-electron chi connectivity index (χ3n) is 5.46. The van der Waals surface area contributed by atoms with Gasteiger partial charge in [-0.2, -0.15) is 5.26 Å². The highest BCUT2D eigenvalue weighted by Gasteiger charge is 2.31. The molecule has 0 saturated carbocycles. The van der Waals surface area contributed by atoms with Crippen LogP contribution < -0.4 is 16.4 Å². The zero-order valence-corrected chi connectivity index (χ0v) is 17.2. The summed E-state index contributed by atoms with van der Waals surface area (Å²) in [6.45, 7) is 4.56. The van der Waals surface area contributed by atoms with E-state index in [-0.39, 0.29) is 35.8 Å². The van der Waals surface area contributed by atoms with E-state index >= 15 is 0 Å². The molecule has 158 valence electrons. The highest BCUT2D eigenvalue weighted by molar-refractivity contribution is 5.99. The summed E-state index contributed by atoms with van der Waals surface area (Å²) >= 11 is 0. The molecule has 1 aliphatic heterocycles. The van der Waals surface area contributed by atoms with Crippen LogP contribution in [0.4, 0.5) is 0 Å². The summed E-state index contributed by atoms with van der Waals surface area (Å²) in [6, 6.07) is 9.67. The molecule has 3 atom stereocenters. The summed E-state index contributed by atoms with van der Waals surface area (Å²) < 4.78 is 1.67. The van der Waals surface area contributed by atoms with Crippen molar-refractivity contribution < 1.29 is 14.4 Å². The van der Waals surface area contributed by atoms with E-state index in [1.165, 1.54) is 0 Å². The monoisotopic (exact) mass is 409 g/mol. The maximum atomic E-state index is 13.3. The minimum Gasteiger partial charge on any atom is -0.364 e. The lowest BCUT2D eigenvalue weighted by Gasteiger charge is -2.25. The molecule has 2 heterocycles. The highest BCUT2D eigenvalue weighted by Crippen LogP contribution is 2.28. The SMILES string of the molecule is CC(C)C[C@@H](C(=O)N[C@H](C#N)C[C@@H]1CCNC1=O)n1c(C(N)=O)cc2ccccc21. The lowest BCUT2D eigenvalue weighted by molar-refractivity contribution is -0.126. The molecule has 3 amide bonds. The van der Waals surface area contributed by atoms with Crippen LogP contribution in [0.15, 0.2) is 30.3 Å². The van der Waals surface area contributed by atoms with E-state index in [0.717, 1.165) is 10.9 Å². The molecule has 2 aromatic rings. The average molecular weight is 409 g/mol. The Balaban J connectivity index is 1.92. The van der Waals surface area contributed by atoms with Gasteiger partial charge in [0.05, 0.1) is 6.07 Å². The van der Waals surface area contributed by atoms with Crippen molar-refractivity contribution in [1.29, 1.82) is 5.26 Å². The van der Waals surface area contributed by atoms with E-state index < -0.39 is 18.0 Å². The van der Waals surface area contributed by atoms with Crippen molar-refractivity contribution in [3.05, 3.63) is 36.0 Å². The zero-order valence-electron chi connectivity index (χ0n) is 17.2. The van der Waals surface area contributed by atoms with E-state index in [2.05, 4.69) is 16.7 Å². The van der Waals surface area contributed by atoms with Crippen molar-refractivity contribution in [2.24, 2.45) is 17.6 Å². The number of fused-ring (bicyclic) bond motifs is 1. The Labute approximate surface area is 175 Å². The van der Waals surface area contributed by atoms with E-state index in [9.17, 15) is 19.6 Å². The number of nitrogens with one attached hydrogen (secondary N) is 2. The number of carbonyl (C=O) groups is 3. The van der Waals surface area contributed by atoms with Crippen LogP contribution in [0.3, 0.4) is 0 Å². The average Bonchev–Trinajstić information content (AvgIpc) is 3.28. The summed E-state index contributed by atoms with van der Waals surface area (Å²) in [7, 11) is 0. The summed E-state index contributed by atoms with van der Waals surface area (Å²) in [6.07, 6.45) is 1.38. The molecule has 0 aliphatic carbocycles. The van der Waals surface area contributed by atoms with Crippen LogP contribution >= 0.6 is 0 Å². The van der Waals surface area contributed by atoms with Gasteiger partial charge in [-0.15, -0.1) is 0 Å². The maximum absolute atomic E-state index is 13.3. The third-order valence-corrected chi connectivity index (χ3v) is 5.46. The first-order valence-corrected chi connectivity index (χ1v) is 10.2. The predicted molar refractivity (Wildman–Crippen MR) is 112 cm³/mol. The van der Waals surface area contributed by atoms with Gasteiger partial charge in [0.1, 0.15) is 17.8 Å². The molecule has 1 aliphatic rings. The Morgan fingerprint density at radius 1 is 1.37 bits per heavy atom. The van der Waals surface area contributed by atoms with E-state index in [1.54, 1.807) is 10.6 Å². The molecule has 0 radical (unpaired) electrons. The van der Waals surface area contributed by atoms with Crippen molar-refractivity contribution in [2.75, 3.05) is 6.54 Å². The predicted octanol–water partition coefficient (Wildman–Crippen LogP) is 1.86. The Hall–Kier alpha value is -3.34. The van der Waals surface area contributed by atoms with Gasteiger partial charge in [0.15, 0.2) is 0 Å². The number of hydrogen-bond donors (Lipinski definition) is 3. The number of primary amides is 1. The number of para-hydroxylation sites is 1. The summed E-state index contributed by atoms with van der Waals surface area (Å²) in [4.78, 5) is 37.3. The molecule has 0 spiro atoms. The van der Waals surface area contributed by atoms with E-state index in [0.29, 0.717) is 19.4 Å². The van der Waals surface area contributed by atoms with Crippen LogP contribution in [0.25, 0.3) is 10.9 Å². The Bertz CT molecular complexity index is 1000.